The molecule has 0 bridgehead atoms. The number of rotatable bonds is 8. The molecule has 4 aromatic carbocycles. The second kappa shape index (κ2) is 20.9. The molecular formula is C40H48N4O6. The number of phenols is 2. The van der Waals surface area contributed by atoms with Crippen LogP contribution in [0.5, 0.6) is 11.5 Å². The molecule has 10 heteroatoms. The van der Waals surface area contributed by atoms with E-state index in [1.165, 1.54) is 0 Å². The zero-order chi connectivity index (χ0) is 34.6. The van der Waals surface area contributed by atoms with Gasteiger partial charge in [-0.2, -0.15) is 0 Å². The first-order chi connectivity index (χ1) is 24.7. The molecule has 10 nitrogen and oxygen atoms in total. The molecule has 1 heterocycles. The van der Waals surface area contributed by atoms with Crippen molar-refractivity contribution in [1.29, 1.82) is 0 Å². The average Bonchev–Trinajstić information content (AvgIpc) is 3.13. The summed E-state index contributed by atoms with van der Waals surface area (Å²) in [5.41, 5.74) is 5.24. The quantitative estimate of drug-likeness (QED) is 0.219. The molecule has 0 saturated carbocycles. The highest BCUT2D eigenvalue weighted by Crippen LogP contribution is 2.23. The smallest absolute Gasteiger partial charge is 0.124 e. The lowest BCUT2D eigenvalue weighted by atomic mass is 10.1. The molecule has 0 spiro atoms. The Balaban J connectivity index is 1.13. The predicted molar refractivity (Wildman–Crippen MR) is 197 cm³/mol. The molecule has 2 N–H and O–H groups in total. The van der Waals surface area contributed by atoms with Gasteiger partial charge in [-0.25, -0.2) is 0 Å². The molecule has 0 aromatic heterocycles. The number of hydrogen-bond acceptors (Lipinski definition) is 10. The molecule has 5 rings (SSSR count). The maximum atomic E-state index is 10.1. The molecule has 1 aliphatic heterocycles. The second-order valence-electron chi connectivity index (χ2n) is 11.9. The third kappa shape index (κ3) is 12.5. The zero-order valence-corrected chi connectivity index (χ0v) is 28.6. The Morgan fingerprint density at radius 3 is 1.18 bits per heavy atom. The van der Waals surface area contributed by atoms with E-state index in [2.05, 4.69) is 21.9 Å². The van der Waals surface area contributed by atoms with Crippen molar-refractivity contribution in [2.45, 2.75) is 13.1 Å². The van der Waals surface area contributed by atoms with E-state index in [0.29, 0.717) is 77.1 Å². The Kier molecular flexibility index (Phi) is 15.4. The molecular weight excluding hydrogens is 632 g/mol. The maximum absolute atomic E-state index is 10.1. The van der Waals surface area contributed by atoms with E-state index >= 15 is 0 Å². The summed E-state index contributed by atoms with van der Waals surface area (Å²) in [6.07, 6.45) is 3.40. The fraction of sp³-hybridized carbons (Fsp3) is 0.350. The molecule has 264 valence electrons. The van der Waals surface area contributed by atoms with Crippen LogP contribution in [0.15, 0.2) is 107 Å². The van der Waals surface area contributed by atoms with Gasteiger partial charge in [-0.15, -0.1) is 0 Å². The van der Waals surface area contributed by atoms with E-state index in [1.807, 2.05) is 60.7 Å². The first-order valence-electron chi connectivity index (χ1n) is 17.2. The van der Waals surface area contributed by atoms with Gasteiger partial charge in [-0.3, -0.25) is 19.8 Å². The van der Waals surface area contributed by atoms with E-state index in [4.69, 9.17) is 28.9 Å². The Morgan fingerprint density at radius 2 is 0.800 bits per heavy atom. The van der Waals surface area contributed by atoms with Crippen LogP contribution >= 0.6 is 0 Å². The normalized spacial score (nSPS) is 17.1. The lowest BCUT2D eigenvalue weighted by molar-refractivity contribution is 0.00627. The number of nitrogens with zero attached hydrogens (tertiary/aromatic N) is 4. The summed E-state index contributed by atoms with van der Waals surface area (Å²) in [4.78, 5) is 14.0. The van der Waals surface area contributed by atoms with Crippen molar-refractivity contribution in [2.24, 2.45) is 9.98 Å². The van der Waals surface area contributed by atoms with Crippen molar-refractivity contribution >= 4 is 23.8 Å². The van der Waals surface area contributed by atoms with E-state index in [1.54, 1.807) is 36.7 Å². The van der Waals surface area contributed by atoms with Crippen LogP contribution in [0.1, 0.15) is 22.3 Å². The average molecular weight is 681 g/mol. The maximum Gasteiger partial charge on any atom is 0.124 e. The summed E-state index contributed by atoms with van der Waals surface area (Å²) >= 11 is 0. The van der Waals surface area contributed by atoms with Gasteiger partial charge in [0.25, 0.3) is 0 Å². The minimum absolute atomic E-state index is 0.204. The van der Waals surface area contributed by atoms with Gasteiger partial charge in [0.15, 0.2) is 0 Å². The van der Waals surface area contributed by atoms with E-state index in [-0.39, 0.29) is 11.5 Å². The SMILES string of the molecule is Oc1ccccc1C=Nc1ccccc1CN1CCOCCOCCN(Cc2ccccc2N=Cc2ccccc2O)CCOCCOCC1. The van der Waals surface area contributed by atoms with E-state index in [9.17, 15) is 10.2 Å². The molecule has 0 atom stereocenters. The van der Waals surface area contributed by atoms with Gasteiger partial charge in [-0.05, 0) is 47.5 Å². The molecule has 1 fully saturated rings. The van der Waals surface area contributed by atoms with Crippen LogP contribution in [0, 0.1) is 0 Å². The minimum atomic E-state index is 0.204. The van der Waals surface area contributed by atoms with Gasteiger partial charge in [0.2, 0.25) is 0 Å². The zero-order valence-electron chi connectivity index (χ0n) is 28.6. The fourth-order valence-corrected chi connectivity index (χ4v) is 5.45. The van der Waals surface area contributed by atoms with Crippen LogP contribution in [0.25, 0.3) is 0 Å². The number of para-hydroxylation sites is 4. The van der Waals surface area contributed by atoms with Gasteiger partial charge < -0.3 is 29.2 Å². The van der Waals surface area contributed by atoms with Crippen molar-refractivity contribution in [3.8, 4) is 11.5 Å². The van der Waals surface area contributed by atoms with Gasteiger partial charge in [0.05, 0.1) is 64.2 Å². The third-order valence-corrected chi connectivity index (χ3v) is 8.28. The van der Waals surface area contributed by atoms with Crippen molar-refractivity contribution in [1.82, 2.24) is 9.80 Å². The van der Waals surface area contributed by atoms with Gasteiger partial charge in [0.1, 0.15) is 11.5 Å². The fourth-order valence-electron chi connectivity index (χ4n) is 5.45. The first kappa shape index (κ1) is 36.9. The highest BCUT2D eigenvalue weighted by Gasteiger charge is 2.12. The second-order valence-corrected chi connectivity index (χ2v) is 11.9. The van der Waals surface area contributed by atoms with Crippen molar-refractivity contribution in [3.63, 3.8) is 0 Å². The summed E-state index contributed by atoms with van der Waals surface area (Å²) in [5.74, 6) is 0.408. The minimum Gasteiger partial charge on any atom is -0.507 e. The highest BCUT2D eigenvalue weighted by molar-refractivity contribution is 5.86. The third-order valence-electron chi connectivity index (χ3n) is 8.28. The largest absolute Gasteiger partial charge is 0.507 e. The van der Waals surface area contributed by atoms with Crippen LogP contribution in [0.3, 0.4) is 0 Å². The summed E-state index contributed by atoms with van der Waals surface area (Å²) in [6.45, 7) is 8.64. The van der Waals surface area contributed by atoms with Crippen LogP contribution < -0.4 is 0 Å². The monoisotopic (exact) mass is 680 g/mol. The number of aromatic hydroxyl groups is 2. The molecule has 0 amide bonds. The van der Waals surface area contributed by atoms with Gasteiger partial charge in [0, 0.05) is 62.8 Å². The van der Waals surface area contributed by atoms with Crippen molar-refractivity contribution in [2.75, 3.05) is 79.0 Å². The summed E-state index contributed by atoms with van der Waals surface area (Å²) < 4.78 is 23.9. The lowest BCUT2D eigenvalue weighted by Crippen LogP contribution is -2.32. The van der Waals surface area contributed by atoms with Crippen LogP contribution in [-0.4, -0.2) is 111 Å². The molecule has 1 saturated heterocycles. The van der Waals surface area contributed by atoms with Crippen molar-refractivity contribution < 1.29 is 29.2 Å². The standard InChI is InChI=1S/C40H48N4O6/c45-39-15-7-3-9-33(39)29-41-37-13-5-1-11-35(37)31-43-17-21-47-25-27-49-23-19-44(20-24-50-28-26-48-22-18-43)32-36-12-2-6-14-38(36)42-30-34-10-4-8-16-40(34)46/h1-16,29-30,45-46H,17-28,31-32H2. The summed E-state index contributed by atoms with van der Waals surface area (Å²) in [6, 6.07) is 30.5. The Morgan fingerprint density at radius 1 is 0.460 bits per heavy atom. The molecule has 4 aromatic rings. The van der Waals surface area contributed by atoms with Gasteiger partial charge >= 0.3 is 0 Å². The lowest BCUT2D eigenvalue weighted by Gasteiger charge is -2.24. The summed E-state index contributed by atoms with van der Waals surface area (Å²) in [5, 5.41) is 20.3. The number of hydrogen-bond donors (Lipinski definition) is 2. The van der Waals surface area contributed by atoms with Crippen LogP contribution in [0.4, 0.5) is 11.4 Å². The predicted octanol–water partition coefficient (Wildman–Crippen LogP) is 5.98. The van der Waals surface area contributed by atoms with Crippen molar-refractivity contribution in [3.05, 3.63) is 119 Å². The number of benzene rings is 4. The molecule has 0 radical (unpaired) electrons. The number of ether oxygens (including phenoxy) is 4. The van der Waals surface area contributed by atoms with E-state index in [0.717, 1.165) is 48.7 Å². The first-order valence-corrected chi connectivity index (χ1v) is 17.2. The van der Waals surface area contributed by atoms with Crippen LogP contribution in [-0.2, 0) is 32.0 Å². The van der Waals surface area contributed by atoms with E-state index < -0.39 is 0 Å². The Hall–Kier alpha value is -4.42. The summed E-state index contributed by atoms with van der Waals surface area (Å²) in [7, 11) is 0. The number of phenolic OH excluding ortho intramolecular Hbond substituents is 2. The van der Waals surface area contributed by atoms with Gasteiger partial charge in [-0.1, -0.05) is 60.7 Å². The highest BCUT2D eigenvalue weighted by atomic mass is 16.5. The Bertz CT molecular complexity index is 1510. The topological polar surface area (TPSA) is 109 Å². The molecule has 0 aliphatic carbocycles. The molecule has 0 unspecified atom stereocenters. The van der Waals surface area contributed by atoms with Crippen LogP contribution in [0.2, 0.25) is 0 Å². The molecule has 50 heavy (non-hydrogen) atoms. The Labute approximate surface area is 295 Å². The number of aliphatic imine (C=N–C) groups is 2. The molecule has 1 aliphatic rings.